The second kappa shape index (κ2) is 11.0. The number of amides is 2. The fraction of sp³-hybridized carbons (Fsp3) is 0.280. The molecule has 0 saturated carbocycles. The minimum atomic E-state index is -0.479. The van der Waals surface area contributed by atoms with Crippen molar-refractivity contribution < 1.29 is 13.9 Å². The first kappa shape index (κ1) is 23.7. The molecule has 3 rings (SSSR count). The number of rotatable bonds is 6. The second-order valence-electron chi connectivity index (χ2n) is 7.58. The number of urea groups is 1. The number of para-hydroxylation sites is 1. The quantitative estimate of drug-likeness (QED) is 0.386. The zero-order chi connectivity index (χ0) is 23.8. The van der Waals surface area contributed by atoms with E-state index in [1.54, 1.807) is 41.3 Å². The molecule has 0 radical (unpaired) electrons. The molecule has 1 fully saturated rings. The summed E-state index contributed by atoms with van der Waals surface area (Å²) in [6, 6.07) is 13.2. The highest BCUT2D eigenvalue weighted by Gasteiger charge is 2.22. The van der Waals surface area contributed by atoms with E-state index >= 15 is 0 Å². The molecule has 1 heterocycles. The highest BCUT2D eigenvalue weighted by atomic mass is 19.1. The van der Waals surface area contributed by atoms with Crippen LogP contribution in [0.2, 0.25) is 0 Å². The van der Waals surface area contributed by atoms with Gasteiger partial charge in [0.25, 0.3) is 0 Å². The van der Waals surface area contributed by atoms with Crippen molar-refractivity contribution in [2.75, 3.05) is 43.8 Å². The molecule has 0 atom stereocenters. The van der Waals surface area contributed by atoms with Gasteiger partial charge in [-0.2, -0.15) is 5.26 Å². The van der Waals surface area contributed by atoms with Crippen molar-refractivity contribution in [1.82, 2.24) is 9.80 Å². The highest BCUT2D eigenvalue weighted by Crippen LogP contribution is 2.25. The van der Waals surface area contributed by atoms with Gasteiger partial charge in [0.2, 0.25) is 0 Å². The number of nitrogens with two attached hydrogens (primary N) is 1. The topological polar surface area (TPSA) is 94.6 Å². The molecule has 8 heteroatoms. The maximum absolute atomic E-state index is 13.9. The minimum Gasteiger partial charge on any atom is -0.494 e. The van der Waals surface area contributed by atoms with Crippen molar-refractivity contribution in [2.24, 2.45) is 0 Å². The number of nitrogen functional groups attached to an aromatic ring is 1. The number of allylic oxidation sites excluding steroid dienone is 1. The van der Waals surface area contributed by atoms with Crippen molar-refractivity contribution >= 4 is 23.5 Å². The number of ether oxygens (including phenoxy) is 1. The molecule has 0 spiro atoms. The number of anilines is 2. The van der Waals surface area contributed by atoms with E-state index in [0.717, 1.165) is 0 Å². The van der Waals surface area contributed by atoms with Crippen molar-refractivity contribution in [3.05, 3.63) is 71.7 Å². The Morgan fingerprint density at radius 3 is 2.70 bits per heavy atom. The lowest BCUT2D eigenvalue weighted by Gasteiger charge is -2.25. The second-order valence-corrected chi connectivity index (χ2v) is 7.58. The van der Waals surface area contributed by atoms with Gasteiger partial charge in [-0.15, -0.1) is 0 Å². The van der Waals surface area contributed by atoms with E-state index in [1.807, 2.05) is 11.8 Å². The molecule has 33 heavy (non-hydrogen) atoms. The molecule has 0 aliphatic carbocycles. The Balaban J connectivity index is 1.68. The summed E-state index contributed by atoms with van der Waals surface area (Å²) in [5.74, 6) is 0.194. The van der Waals surface area contributed by atoms with Crippen LogP contribution >= 0.6 is 0 Å². The van der Waals surface area contributed by atoms with Crippen molar-refractivity contribution in [2.45, 2.75) is 13.3 Å². The number of halogens is 1. The summed E-state index contributed by atoms with van der Waals surface area (Å²) in [6.45, 7) is 8.60. The van der Waals surface area contributed by atoms with Gasteiger partial charge in [0.1, 0.15) is 17.6 Å². The van der Waals surface area contributed by atoms with Gasteiger partial charge in [0, 0.05) is 43.1 Å². The van der Waals surface area contributed by atoms with Gasteiger partial charge in [-0.3, -0.25) is 0 Å². The van der Waals surface area contributed by atoms with Gasteiger partial charge < -0.3 is 25.6 Å². The molecule has 2 amide bonds. The maximum Gasteiger partial charge on any atom is 0.321 e. The number of nitrogens with one attached hydrogen (secondary N) is 1. The molecule has 2 aromatic carbocycles. The van der Waals surface area contributed by atoms with Crippen LogP contribution < -0.4 is 15.8 Å². The summed E-state index contributed by atoms with van der Waals surface area (Å²) >= 11 is 0. The largest absolute Gasteiger partial charge is 0.494 e. The molecule has 2 aromatic rings. The normalized spacial score (nSPS) is 14.3. The van der Waals surface area contributed by atoms with Crippen LogP contribution in [0.5, 0.6) is 5.75 Å². The summed E-state index contributed by atoms with van der Waals surface area (Å²) < 4.78 is 19.4. The zero-order valence-electron chi connectivity index (χ0n) is 18.7. The van der Waals surface area contributed by atoms with Gasteiger partial charge in [-0.25, -0.2) is 9.18 Å². The van der Waals surface area contributed by atoms with E-state index in [1.165, 1.54) is 12.1 Å². The number of benzene rings is 2. The minimum absolute atomic E-state index is 0.148. The van der Waals surface area contributed by atoms with Gasteiger partial charge >= 0.3 is 6.03 Å². The van der Waals surface area contributed by atoms with Crippen LogP contribution in [0.1, 0.15) is 18.9 Å². The van der Waals surface area contributed by atoms with Gasteiger partial charge in [-0.05, 0) is 49.8 Å². The van der Waals surface area contributed by atoms with E-state index in [0.29, 0.717) is 67.5 Å². The van der Waals surface area contributed by atoms with Gasteiger partial charge in [-0.1, -0.05) is 18.7 Å². The molecule has 3 N–H and O–H groups in total. The van der Waals surface area contributed by atoms with Crippen LogP contribution in [0.4, 0.5) is 20.6 Å². The standard InChI is InChI=1S/C25H28FN5O2/c1-3-33-21-9-10-23(28)19(16-21)15-20(17-27)18(2)30-11-6-12-31(14-13-30)25(32)29-24-8-5-4-7-22(24)26/h4-5,7-10,15-16H,2-3,6,11-14,28H2,1H3,(H,29,32)/b20-15-. The van der Waals surface area contributed by atoms with E-state index in [-0.39, 0.29) is 11.7 Å². The molecule has 0 unspecified atom stereocenters. The molecule has 1 saturated heterocycles. The highest BCUT2D eigenvalue weighted by molar-refractivity contribution is 5.89. The summed E-state index contributed by atoms with van der Waals surface area (Å²) in [5.41, 5.74) is 8.40. The number of carbonyl (C=O) groups is 1. The zero-order valence-corrected chi connectivity index (χ0v) is 18.7. The SMILES string of the molecule is C=C(/C(C#N)=C\c1cc(OCC)ccc1N)N1CCCN(C(=O)Nc2ccccc2F)CC1. The number of hydrogen-bond acceptors (Lipinski definition) is 5. The van der Waals surface area contributed by atoms with E-state index in [4.69, 9.17) is 10.5 Å². The van der Waals surface area contributed by atoms with Crippen LogP contribution in [0.25, 0.3) is 6.08 Å². The number of nitriles is 1. The van der Waals surface area contributed by atoms with Crippen LogP contribution in [-0.4, -0.2) is 48.6 Å². The fourth-order valence-corrected chi connectivity index (χ4v) is 3.59. The maximum atomic E-state index is 13.9. The molecular weight excluding hydrogens is 421 g/mol. The summed E-state index contributed by atoms with van der Waals surface area (Å²) in [5, 5.41) is 12.4. The van der Waals surface area contributed by atoms with Crippen molar-refractivity contribution in [3.8, 4) is 11.8 Å². The summed E-state index contributed by atoms with van der Waals surface area (Å²) in [7, 11) is 0. The van der Waals surface area contributed by atoms with Gasteiger partial charge in [0.15, 0.2) is 0 Å². The third-order valence-corrected chi connectivity index (χ3v) is 5.38. The van der Waals surface area contributed by atoms with Crippen molar-refractivity contribution in [3.63, 3.8) is 0 Å². The molecular formula is C25H28FN5O2. The van der Waals surface area contributed by atoms with Gasteiger partial charge in [0.05, 0.1) is 17.9 Å². The monoisotopic (exact) mass is 449 g/mol. The lowest BCUT2D eigenvalue weighted by atomic mass is 10.1. The Morgan fingerprint density at radius 2 is 1.97 bits per heavy atom. The average Bonchev–Trinajstić information content (AvgIpc) is 3.07. The van der Waals surface area contributed by atoms with Crippen molar-refractivity contribution in [1.29, 1.82) is 5.26 Å². The lowest BCUT2D eigenvalue weighted by molar-refractivity contribution is 0.213. The predicted octanol–water partition coefficient (Wildman–Crippen LogP) is 4.47. The number of nitrogens with zero attached hydrogens (tertiary/aromatic N) is 3. The number of hydrogen-bond donors (Lipinski definition) is 2. The van der Waals surface area contributed by atoms with Crippen LogP contribution in [0, 0.1) is 17.1 Å². The third-order valence-electron chi connectivity index (χ3n) is 5.38. The predicted molar refractivity (Wildman–Crippen MR) is 128 cm³/mol. The van der Waals surface area contributed by atoms with E-state index in [2.05, 4.69) is 18.0 Å². The molecule has 1 aliphatic rings. The first-order valence-corrected chi connectivity index (χ1v) is 10.8. The average molecular weight is 450 g/mol. The van der Waals surface area contributed by atoms with E-state index in [9.17, 15) is 14.4 Å². The lowest BCUT2D eigenvalue weighted by Crippen LogP contribution is -2.38. The van der Waals surface area contributed by atoms with E-state index < -0.39 is 5.82 Å². The Morgan fingerprint density at radius 1 is 1.24 bits per heavy atom. The van der Waals surface area contributed by atoms with Crippen LogP contribution in [0.3, 0.4) is 0 Å². The Bertz CT molecular complexity index is 1090. The Hall–Kier alpha value is -3.99. The summed E-state index contributed by atoms with van der Waals surface area (Å²) in [6.07, 6.45) is 2.39. The smallest absolute Gasteiger partial charge is 0.321 e. The van der Waals surface area contributed by atoms with Crippen LogP contribution in [-0.2, 0) is 0 Å². The summed E-state index contributed by atoms with van der Waals surface area (Å²) in [4.78, 5) is 16.2. The first-order valence-electron chi connectivity index (χ1n) is 10.8. The molecule has 7 nitrogen and oxygen atoms in total. The molecule has 1 aliphatic heterocycles. The van der Waals surface area contributed by atoms with Crippen LogP contribution in [0.15, 0.2) is 60.3 Å². The Kier molecular flexibility index (Phi) is 7.92. The molecule has 172 valence electrons. The first-order chi connectivity index (χ1) is 15.9. The fourth-order valence-electron chi connectivity index (χ4n) is 3.59. The molecule has 0 bridgehead atoms. The number of carbonyl (C=O) groups excluding carboxylic acids is 1. The third kappa shape index (κ3) is 6.04. The Labute approximate surface area is 193 Å². The molecule has 0 aromatic heterocycles.